The molecule has 1 aliphatic rings. The van der Waals surface area contributed by atoms with Gasteiger partial charge in [-0.3, -0.25) is 4.79 Å². The summed E-state index contributed by atoms with van der Waals surface area (Å²) in [4.78, 5) is 11.2. The van der Waals surface area contributed by atoms with E-state index in [4.69, 9.17) is 10.5 Å². The smallest absolute Gasteiger partial charge is 0.305 e. The number of ether oxygens (including phenoxy) is 1. The highest BCUT2D eigenvalue weighted by Crippen LogP contribution is 2.23. The van der Waals surface area contributed by atoms with Crippen molar-refractivity contribution in [1.29, 1.82) is 0 Å². The maximum atomic E-state index is 11.2. The van der Waals surface area contributed by atoms with Gasteiger partial charge in [0.25, 0.3) is 0 Å². The molecule has 2 N–H and O–H groups in total. The lowest BCUT2D eigenvalue weighted by molar-refractivity contribution is -0.143. The van der Waals surface area contributed by atoms with Gasteiger partial charge >= 0.3 is 5.97 Å². The molecule has 19 heavy (non-hydrogen) atoms. The van der Waals surface area contributed by atoms with Crippen LogP contribution in [0.3, 0.4) is 0 Å². The highest BCUT2D eigenvalue weighted by Gasteiger charge is 2.17. The normalized spacial score (nSPS) is 17.3. The molecule has 0 saturated carbocycles. The SMILES string of the molecule is CCOC(=O)CCCCc1ccc2c(c1)CC(N)C2. The molecule has 0 bridgehead atoms. The molecular formula is C16H23NO2. The second kappa shape index (κ2) is 6.71. The van der Waals surface area contributed by atoms with Crippen LogP contribution in [0, 0.1) is 0 Å². The van der Waals surface area contributed by atoms with Gasteiger partial charge in [-0.1, -0.05) is 18.2 Å². The first-order valence-electron chi connectivity index (χ1n) is 7.21. The van der Waals surface area contributed by atoms with Gasteiger partial charge in [-0.2, -0.15) is 0 Å². The number of fused-ring (bicyclic) bond motifs is 1. The van der Waals surface area contributed by atoms with Crippen LogP contribution in [0.4, 0.5) is 0 Å². The molecule has 1 aromatic carbocycles. The number of hydrogen-bond donors (Lipinski definition) is 1. The van der Waals surface area contributed by atoms with Crippen LogP contribution in [-0.4, -0.2) is 18.6 Å². The van der Waals surface area contributed by atoms with Crippen LogP contribution in [0.15, 0.2) is 18.2 Å². The lowest BCUT2D eigenvalue weighted by Gasteiger charge is -2.05. The van der Waals surface area contributed by atoms with Crippen molar-refractivity contribution in [3.63, 3.8) is 0 Å². The minimum Gasteiger partial charge on any atom is -0.466 e. The molecule has 1 unspecified atom stereocenters. The molecule has 0 saturated heterocycles. The maximum absolute atomic E-state index is 11.2. The Labute approximate surface area is 115 Å². The van der Waals surface area contributed by atoms with Gasteiger partial charge < -0.3 is 10.5 Å². The van der Waals surface area contributed by atoms with E-state index in [1.165, 1.54) is 16.7 Å². The van der Waals surface area contributed by atoms with Crippen molar-refractivity contribution in [3.8, 4) is 0 Å². The number of hydrogen-bond acceptors (Lipinski definition) is 3. The van der Waals surface area contributed by atoms with E-state index in [1.807, 2.05) is 6.92 Å². The molecule has 0 aliphatic heterocycles. The molecule has 1 atom stereocenters. The predicted octanol–water partition coefficient (Wildman–Crippen LogP) is 2.39. The summed E-state index contributed by atoms with van der Waals surface area (Å²) in [7, 11) is 0. The zero-order valence-electron chi connectivity index (χ0n) is 11.7. The fraction of sp³-hybridized carbons (Fsp3) is 0.562. The number of carbonyl (C=O) groups excluding carboxylic acids is 1. The van der Waals surface area contributed by atoms with E-state index >= 15 is 0 Å². The Morgan fingerprint density at radius 3 is 2.89 bits per heavy atom. The number of benzene rings is 1. The molecule has 0 radical (unpaired) electrons. The Hall–Kier alpha value is -1.35. The van der Waals surface area contributed by atoms with Crippen LogP contribution >= 0.6 is 0 Å². The average Bonchev–Trinajstić information content (AvgIpc) is 2.74. The first-order chi connectivity index (χ1) is 9.19. The monoisotopic (exact) mass is 261 g/mol. The molecule has 3 heteroatoms. The zero-order chi connectivity index (χ0) is 13.7. The molecule has 1 aliphatic carbocycles. The van der Waals surface area contributed by atoms with Crippen molar-refractivity contribution >= 4 is 5.97 Å². The van der Waals surface area contributed by atoms with Crippen LogP contribution < -0.4 is 5.73 Å². The van der Waals surface area contributed by atoms with Crippen molar-refractivity contribution in [2.24, 2.45) is 5.73 Å². The number of aryl methyl sites for hydroxylation is 1. The summed E-state index contributed by atoms with van der Waals surface area (Å²) in [6, 6.07) is 6.99. The van der Waals surface area contributed by atoms with Gasteiger partial charge in [-0.05, 0) is 55.7 Å². The summed E-state index contributed by atoms with van der Waals surface area (Å²) >= 11 is 0. The van der Waals surface area contributed by atoms with Gasteiger partial charge in [0.2, 0.25) is 0 Å². The summed E-state index contributed by atoms with van der Waals surface area (Å²) in [5.41, 5.74) is 10.1. The fourth-order valence-electron chi connectivity index (χ4n) is 2.69. The summed E-state index contributed by atoms with van der Waals surface area (Å²) < 4.78 is 4.91. The van der Waals surface area contributed by atoms with E-state index in [0.717, 1.165) is 32.1 Å². The standard InChI is InChI=1S/C16H23NO2/c1-2-19-16(18)6-4-3-5-12-7-8-13-10-15(17)11-14(13)9-12/h7-9,15H,2-6,10-11,17H2,1H3. The summed E-state index contributed by atoms with van der Waals surface area (Å²) in [5, 5.41) is 0. The first kappa shape index (κ1) is 14.1. The number of nitrogens with two attached hydrogens (primary N) is 1. The zero-order valence-corrected chi connectivity index (χ0v) is 11.7. The third-order valence-corrected chi connectivity index (χ3v) is 3.64. The molecular weight excluding hydrogens is 238 g/mol. The average molecular weight is 261 g/mol. The highest BCUT2D eigenvalue weighted by atomic mass is 16.5. The Bertz CT molecular complexity index is 442. The highest BCUT2D eigenvalue weighted by molar-refractivity contribution is 5.69. The Kier molecular flexibility index (Phi) is 4.97. The van der Waals surface area contributed by atoms with Crippen molar-refractivity contribution in [2.45, 2.75) is 51.5 Å². The van der Waals surface area contributed by atoms with Gasteiger partial charge in [0.05, 0.1) is 6.61 Å². The number of esters is 1. The molecule has 0 aromatic heterocycles. The minimum atomic E-state index is -0.0811. The predicted molar refractivity (Wildman–Crippen MR) is 76.0 cm³/mol. The van der Waals surface area contributed by atoms with Gasteiger partial charge in [0.15, 0.2) is 0 Å². The van der Waals surface area contributed by atoms with Crippen molar-refractivity contribution < 1.29 is 9.53 Å². The van der Waals surface area contributed by atoms with Crippen LogP contribution in [0.2, 0.25) is 0 Å². The van der Waals surface area contributed by atoms with Crippen molar-refractivity contribution in [2.75, 3.05) is 6.61 Å². The lowest BCUT2D eigenvalue weighted by atomic mass is 10.0. The fourth-order valence-corrected chi connectivity index (χ4v) is 2.69. The van der Waals surface area contributed by atoms with E-state index in [2.05, 4.69) is 18.2 Å². The molecule has 3 nitrogen and oxygen atoms in total. The van der Waals surface area contributed by atoms with E-state index in [9.17, 15) is 4.79 Å². The van der Waals surface area contributed by atoms with Crippen LogP contribution in [-0.2, 0) is 28.8 Å². The largest absolute Gasteiger partial charge is 0.466 e. The van der Waals surface area contributed by atoms with E-state index in [-0.39, 0.29) is 5.97 Å². The molecule has 0 fully saturated rings. The summed E-state index contributed by atoms with van der Waals surface area (Å²) in [5.74, 6) is -0.0811. The molecule has 1 aromatic rings. The molecule has 2 rings (SSSR count). The third kappa shape index (κ3) is 4.06. The van der Waals surface area contributed by atoms with E-state index in [0.29, 0.717) is 19.1 Å². The van der Waals surface area contributed by atoms with Crippen LogP contribution in [0.1, 0.15) is 42.9 Å². The van der Waals surface area contributed by atoms with E-state index in [1.54, 1.807) is 0 Å². The third-order valence-electron chi connectivity index (χ3n) is 3.64. The van der Waals surface area contributed by atoms with Crippen LogP contribution in [0.25, 0.3) is 0 Å². The molecule has 104 valence electrons. The van der Waals surface area contributed by atoms with Crippen LogP contribution in [0.5, 0.6) is 0 Å². The van der Waals surface area contributed by atoms with Crippen molar-refractivity contribution in [3.05, 3.63) is 34.9 Å². The topological polar surface area (TPSA) is 52.3 Å². The number of rotatable bonds is 6. The van der Waals surface area contributed by atoms with Gasteiger partial charge in [0, 0.05) is 12.5 Å². The van der Waals surface area contributed by atoms with Gasteiger partial charge in [-0.15, -0.1) is 0 Å². The first-order valence-corrected chi connectivity index (χ1v) is 7.21. The summed E-state index contributed by atoms with van der Waals surface area (Å²) in [6.45, 7) is 2.32. The second-order valence-electron chi connectivity index (χ2n) is 5.28. The Morgan fingerprint density at radius 2 is 2.11 bits per heavy atom. The second-order valence-corrected chi connectivity index (χ2v) is 5.28. The molecule has 0 spiro atoms. The van der Waals surface area contributed by atoms with E-state index < -0.39 is 0 Å². The number of carbonyl (C=O) groups is 1. The molecule has 0 heterocycles. The minimum absolute atomic E-state index is 0.0811. The number of unbranched alkanes of at least 4 members (excludes halogenated alkanes) is 1. The van der Waals surface area contributed by atoms with Gasteiger partial charge in [-0.25, -0.2) is 0 Å². The summed E-state index contributed by atoms with van der Waals surface area (Å²) in [6.07, 6.45) is 5.51. The van der Waals surface area contributed by atoms with Crippen molar-refractivity contribution in [1.82, 2.24) is 0 Å². The van der Waals surface area contributed by atoms with Gasteiger partial charge in [0.1, 0.15) is 0 Å². The lowest BCUT2D eigenvalue weighted by Crippen LogP contribution is -2.18. The Balaban J connectivity index is 1.75. The quantitative estimate of drug-likeness (QED) is 0.632. The maximum Gasteiger partial charge on any atom is 0.305 e. The molecule has 0 amide bonds. The Morgan fingerprint density at radius 1 is 1.32 bits per heavy atom.